The molecule has 4 nitrogen and oxygen atoms in total. The van der Waals surface area contributed by atoms with Crippen molar-refractivity contribution in [2.75, 3.05) is 18.4 Å². The molecule has 2 amide bonds. The van der Waals surface area contributed by atoms with E-state index in [1.807, 2.05) is 4.90 Å². The molecule has 1 N–H and O–H groups in total. The van der Waals surface area contributed by atoms with Gasteiger partial charge < -0.3 is 10.2 Å². The van der Waals surface area contributed by atoms with Crippen molar-refractivity contribution in [3.05, 3.63) is 28.2 Å². The SMILES string of the molecule is O=C(Nc1cc(Cl)cc(Cl)c1)C1CC1C(=O)N1CCCC1. The summed E-state index contributed by atoms with van der Waals surface area (Å²) in [5.41, 5.74) is 0.566. The molecule has 6 heteroatoms. The third-order valence-electron chi connectivity index (χ3n) is 3.99. The van der Waals surface area contributed by atoms with Gasteiger partial charge >= 0.3 is 0 Å². The molecule has 0 spiro atoms. The number of hydrogen-bond donors (Lipinski definition) is 1. The van der Waals surface area contributed by atoms with Crippen LogP contribution in [-0.4, -0.2) is 29.8 Å². The zero-order chi connectivity index (χ0) is 15.0. The molecular formula is C15H16Cl2N2O2. The Morgan fingerprint density at radius 2 is 1.67 bits per heavy atom. The van der Waals surface area contributed by atoms with Crippen LogP contribution < -0.4 is 5.32 Å². The fourth-order valence-electron chi connectivity index (χ4n) is 2.79. The molecule has 1 aromatic rings. The van der Waals surface area contributed by atoms with E-state index >= 15 is 0 Å². The summed E-state index contributed by atoms with van der Waals surface area (Å²) in [4.78, 5) is 26.2. The highest BCUT2D eigenvalue weighted by Gasteiger charge is 2.49. The topological polar surface area (TPSA) is 49.4 Å². The highest BCUT2D eigenvalue weighted by Crippen LogP contribution is 2.41. The van der Waals surface area contributed by atoms with Crippen molar-refractivity contribution in [2.24, 2.45) is 11.8 Å². The summed E-state index contributed by atoms with van der Waals surface area (Å²) in [5.74, 6) is -0.392. The Balaban J connectivity index is 1.58. The van der Waals surface area contributed by atoms with Crippen LogP contribution in [0.2, 0.25) is 10.0 Å². The van der Waals surface area contributed by atoms with Crippen molar-refractivity contribution < 1.29 is 9.59 Å². The second-order valence-electron chi connectivity index (χ2n) is 5.63. The van der Waals surface area contributed by atoms with Gasteiger partial charge in [-0.2, -0.15) is 0 Å². The lowest BCUT2D eigenvalue weighted by Gasteiger charge is -2.14. The van der Waals surface area contributed by atoms with Crippen molar-refractivity contribution in [3.63, 3.8) is 0 Å². The summed E-state index contributed by atoms with van der Waals surface area (Å²) < 4.78 is 0. The summed E-state index contributed by atoms with van der Waals surface area (Å²) in [7, 11) is 0. The van der Waals surface area contributed by atoms with Gasteiger partial charge in [0, 0.05) is 28.8 Å². The van der Waals surface area contributed by atoms with E-state index in [4.69, 9.17) is 23.2 Å². The van der Waals surface area contributed by atoms with E-state index in [9.17, 15) is 9.59 Å². The summed E-state index contributed by atoms with van der Waals surface area (Å²) in [6.07, 6.45) is 2.77. The van der Waals surface area contributed by atoms with Gasteiger partial charge in [0.2, 0.25) is 11.8 Å². The molecule has 1 saturated heterocycles. The van der Waals surface area contributed by atoms with E-state index in [0.717, 1.165) is 25.9 Å². The predicted octanol–water partition coefficient (Wildman–Crippen LogP) is 3.19. The van der Waals surface area contributed by atoms with Crippen LogP contribution in [0.25, 0.3) is 0 Å². The van der Waals surface area contributed by atoms with E-state index in [-0.39, 0.29) is 23.7 Å². The molecule has 0 bridgehead atoms. The van der Waals surface area contributed by atoms with Crippen molar-refractivity contribution in [2.45, 2.75) is 19.3 Å². The van der Waals surface area contributed by atoms with Crippen LogP contribution in [-0.2, 0) is 9.59 Å². The Labute approximate surface area is 133 Å². The van der Waals surface area contributed by atoms with Crippen LogP contribution in [0.1, 0.15) is 19.3 Å². The first kappa shape index (κ1) is 14.7. The number of nitrogens with zero attached hydrogens (tertiary/aromatic N) is 1. The molecule has 1 saturated carbocycles. The maximum atomic E-state index is 12.2. The van der Waals surface area contributed by atoms with Crippen LogP contribution in [0, 0.1) is 11.8 Å². The van der Waals surface area contributed by atoms with E-state index in [1.54, 1.807) is 18.2 Å². The Kier molecular flexibility index (Phi) is 4.09. The molecule has 1 aliphatic carbocycles. The maximum Gasteiger partial charge on any atom is 0.228 e. The first-order valence-corrected chi connectivity index (χ1v) is 7.86. The molecule has 2 fully saturated rings. The number of anilines is 1. The lowest BCUT2D eigenvalue weighted by atomic mass is 10.2. The monoisotopic (exact) mass is 326 g/mol. The fourth-order valence-corrected chi connectivity index (χ4v) is 3.32. The zero-order valence-corrected chi connectivity index (χ0v) is 13.0. The van der Waals surface area contributed by atoms with Gasteiger partial charge in [0.05, 0.1) is 11.8 Å². The molecule has 1 aromatic carbocycles. The molecule has 2 atom stereocenters. The fraction of sp³-hybridized carbons (Fsp3) is 0.467. The second kappa shape index (κ2) is 5.85. The third kappa shape index (κ3) is 3.33. The van der Waals surface area contributed by atoms with Gasteiger partial charge in [0.15, 0.2) is 0 Å². The van der Waals surface area contributed by atoms with Crippen molar-refractivity contribution in [1.29, 1.82) is 0 Å². The largest absolute Gasteiger partial charge is 0.342 e. The smallest absolute Gasteiger partial charge is 0.228 e. The van der Waals surface area contributed by atoms with E-state index < -0.39 is 0 Å². The average molecular weight is 327 g/mol. The summed E-state index contributed by atoms with van der Waals surface area (Å²) in [5, 5.41) is 3.72. The van der Waals surface area contributed by atoms with Crippen molar-refractivity contribution in [1.82, 2.24) is 4.90 Å². The van der Waals surface area contributed by atoms with Crippen LogP contribution >= 0.6 is 23.2 Å². The minimum atomic E-state index is -0.226. The number of nitrogens with one attached hydrogen (secondary N) is 1. The van der Waals surface area contributed by atoms with Crippen LogP contribution in [0.3, 0.4) is 0 Å². The molecule has 2 unspecified atom stereocenters. The number of amides is 2. The predicted molar refractivity (Wildman–Crippen MR) is 82.5 cm³/mol. The van der Waals surface area contributed by atoms with Gasteiger partial charge in [-0.3, -0.25) is 9.59 Å². The van der Waals surface area contributed by atoms with Gasteiger partial charge in [0.1, 0.15) is 0 Å². The Bertz CT molecular complexity index is 565. The second-order valence-corrected chi connectivity index (χ2v) is 6.50. The Morgan fingerprint density at radius 1 is 1.05 bits per heavy atom. The van der Waals surface area contributed by atoms with Crippen LogP contribution in [0.15, 0.2) is 18.2 Å². The lowest BCUT2D eigenvalue weighted by Crippen LogP contribution is -2.30. The Morgan fingerprint density at radius 3 is 2.29 bits per heavy atom. The first-order valence-electron chi connectivity index (χ1n) is 7.10. The van der Waals surface area contributed by atoms with Crippen LogP contribution in [0.5, 0.6) is 0 Å². The molecule has 1 aliphatic heterocycles. The molecule has 1 heterocycles. The maximum absolute atomic E-state index is 12.2. The number of benzene rings is 1. The molecule has 21 heavy (non-hydrogen) atoms. The van der Waals surface area contributed by atoms with Crippen molar-refractivity contribution >= 4 is 40.7 Å². The minimum Gasteiger partial charge on any atom is -0.342 e. The molecule has 112 valence electrons. The van der Waals surface area contributed by atoms with Gasteiger partial charge in [-0.05, 0) is 37.5 Å². The summed E-state index contributed by atoms with van der Waals surface area (Å²) >= 11 is 11.8. The minimum absolute atomic E-state index is 0.122. The molecule has 0 radical (unpaired) electrons. The molecule has 2 aliphatic rings. The zero-order valence-electron chi connectivity index (χ0n) is 11.4. The van der Waals surface area contributed by atoms with Gasteiger partial charge in [-0.25, -0.2) is 0 Å². The standard InChI is InChI=1S/C15H16Cl2N2O2/c16-9-5-10(17)7-11(6-9)18-14(20)12-8-13(12)15(21)19-3-1-2-4-19/h5-7,12-13H,1-4,8H2,(H,18,20). The number of carbonyl (C=O) groups excluding carboxylic acids is 2. The first-order chi connectivity index (χ1) is 10.0. The summed E-state index contributed by atoms with van der Waals surface area (Å²) in [6.45, 7) is 1.65. The van der Waals surface area contributed by atoms with Gasteiger partial charge in [-0.1, -0.05) is 23.2 Å². The quantitative estimate of drug-likeness (QED) is 0.927. The number of likely N-dealkylation sites (tertiary alicyclic amines) is 1. The number of halogens is 2. The third-order valence-corrected chi connectivity index (χ3v) is 4.43. The highest BCUT2D eigenvalue weighted by atomic mass is 35.5. The normalized spacial score (nSPS) is 24.0. The van der Waals surface area contributed by atoms with E-state index in [2.05, 4.69) is 5.32 Å². The van der Waals surface area contributed by atoms with E-state index in [0.29, 0.717) is 22.2 Å². The average Bonchev–Trinajstić information content (AvgIpc) is 3.02. The molecular weight excluding hydrogens is 311 g/mol. The molecule has 0 aromatic heterocycles. The Hall–Kier alpha value is -1.26. The number of hydrogen-bond acceptors (Lipinski definition) is 2. The number of carbonyl (C=O) groups is 2. The van der Waals surface area contributed by atoms with Gasteiger partial charge in [0.25, 0.3) is 0 Å². The number of rotatable bonds is 3. The highest BCUT2D eigenvalue weighted by molar-refractivity contribution is 6.35. The van der Waals surface area contributed by atoms with Crippen LogP contribution in [0.4, 0.5) is 5.69 Å². The van der Waals surface area contributed by atoms with Crippen molar-refractivity contribution in [3.8, 4) is 0 Å². The van der Waals surface area contributed by atoms with E-state index in [1.165, 1.54) is 0 Å². The summed E-state index contributed by atoms with van der Waals surface area (Å²) in [6, 6.07) is 4.89. The molecule has 3 rings (SSSR count). The van der Waals surface area contributed by atoms with Gasteiger partial charge in [-0.15, -0.1) is 0 Å². The lowest BCUT2D eigenvalue weighted by molar-refractivity contribution is -0.133.